The monoisotopic (exact) mass is 494 g/mol. The smallest absolute Gasteiger partial charge is 0.175 e. The van der Waals surface area contributed by atoms with Crippen LogP contribution in [0.2, 0.25) is 5.02 Å². The van der Waals surface area contributed by atoms with Gasteiger partial charge in [0.05, 0.1) is 9.92 Å². The number of nitrogen functional groups attached to an aromatic ring is 1. The molecule has 0 unspecified atom stereocenters. The zero-order valence-corrected chi connectivity index (χ0v) is 20.0. The summed E-state index contributed by atoms with van der Waals surface area (Å²) in [7, 11) is -3.29. The second-order valence-electron chi connectivity index (χ2n) is 8.00. The Bertz CT molecular complexity index is 1490. The maximum Gasteiger partial charge on any atom is 0.175 e. The number of nitrogens with zero attached hydrogens (tertiary/aromatic N) is 2. The lowest BCUT2D eigenvalue weighted by Crippen LogP contribution is -2.06. The van der Waals surface area contributed by atoms with Gasteiger partial charge in [0.2, 0.25) is 0 Å². The average molecular weight is 495 g/mol. The van der Waals surface area contributed by atoms with Gasteiger partial charge in [-0.25, -0.2) is 18.4 Å². The van der Waals surface area contributed by atoms with Gasteiger partial charge in [0.25, 0.3) is 0 Å². The van der Waals surface area contributed by atoms with Crippen molar-refractivity contribution in [2.45, 2.75) is 24.3 Å². The van der Waals surface area contributed by atoms with E-state index < -0.39 is 9.84 Å². The molecule has 2 aromatic carbocycles. The van der Waals surface area contributed by atoms with Crippen LogP contribution in [0.4, 0.5) is 11.6 Å². The van der Waals surface area contributed by atoms with Crippen LogP contribution >= 0.6 is 11.6 Å². The van der Waals surface area contributed by atoms with Gasteiger partial charge in [-0.15, -0.1) is 0 Å². The van der Waals surface area contributed by atoms with Crippen molar-refractivity contribution >= 4 is 49.6 Å². The molecule has 0 saturated heterocycles. The lowest BCUT2D eigenvalue weighted by Gasteiger charge is -2.10. The molecule has 34 heavy (non-hydrogen) atoms. The number of nitrogens with two attached hydrogens (primary N) is 1. The first-order valence-corrected chi connectivity index (χ1v) is 12.8. The third-order valence-corrected chi connectivity index (χ3v) is 6.85. The predicted octanol–water partition coefficient (Wildman–Crippen LogP) is 4.70. The van der Waals surface area contributed by atoms with Crippen LogP contribution in [0.25, 0.3) is 10.8 Å². The molecule has 7 nitrogen and oxygen atoms in total. The Morgan fingerprint density at radius 3 is 2.65 bits per heavy atom. The van der Waals surface area contributed by atoms with Crippen molar-refractivity contribution in [3.8, 4) is 0 Å². The second kappa shape index (κ2) is 9.79. The van der Waals surface area contributed by atoms with Crippen LogP contribution in [-0.4, -0.2) is 30.4 Å². The number of sulfone groups is 1. The van der Waals surface area contributed by atoms with E-state index in [2.05, 4.69) is 15.3 Å². The zero-order chi connectivity index (χ0) is 24.3. The number of rotatable bonds is 8. The summed E-state index contributed by atoms with van der Waals surface area (Å²) >= 11 is 6.35. The minimum absolute atomic E-state index is 0.0591. The van der Waals surface area contributed by atoms with Crippen molar-refractivity contribution in [2.24, 2.45) is 0 Å². The first kappa shape index (κ1) is 23.7. The lowest BCUT2D eigenvalue weighted by molar-refractivity contribution is 0.0982. The summed E-state index contributed by atoms with van der Waals surface area (Å²) in [4.78, 5) is 21.3. The van der Waals surface area contributed by atoms with E-state index in [4.69, 9.17) is 17.3 Å². The van der Waals surface area contributed by atoms with E-state index in [1.165, 1.54) is 12.5 Å². The molecular formula is C25H23ClN4O3S. The highest BCUT2D eigenvalue weighted by molar-refractivity contribution is 7.90. The highest BCUT2D eigenvalue weighted by Crippen LogP contribution is 2.24. The van der Waals surface area contributed by atoms with E-state index in [1.54, 1.807) is 30.5 Å². The van der Waals surface area contributed by atoms with Crippen LogP contribution in [0, 0.1) is 0 Å². The van der Waals surface area contributed by atoms with Crippen molar-refractivity contribution in [2.75, 3.05) is 17.3 Å². The molecule has 0 saturated carbocycles. The summed E-state index contributed by atoms with van der Waals surface area (Å²) in [5, 5.41) is 5.28. The Morgan fingerprint density at radius 2 is 1.88 bits per heavy atom. The fourth-order valence-electron chi connectivity index (χ4n) is 3.60. The van der Waals surface area contributed by atoms with Gasteiger partial charge in [-0.3, -0.25) is 4.79 Å². The molecule has 0 spiro atoms. The zero-order valence-electron chi connectivity index (χ0n) is 18.5. The van der Waals surface area contributed by atoms with Crippen LogP contribution in [0.3, 0.4) is 0 Å². The van der Waals surface area contributed by atoms with Gasteiger partial charge in [0.1, 0.15) is 11.6 Å². The summed E-state index contributed by atoms with van der Waals surface area (Å²) in [5.74, 6) is 0.845. The predicted molar refractivity (Wildman–Crippen MR) is 135 cm³/mol. The number of Topliss-reactive ketones (excluding diaryl/α,β-unsaturated/α-hetero) is 1. The van der Waals surface area contributed by atoms with Gasteiger partial charge in [0.15, 0.2) is 15.6 Å². The highest BCUT2D eigenvalue weighted by Gasteiger charge is 2.12. The molecule has 4 rings (SSSR count). The molecule has 0 aliphatic carbocycles. The maximum atomic E-state index is 12.7. The summed E-state index contributed by atoms with van der Waals surface area (Å²) < 4.78 is 23.5. The fraction of sp³-hybridized carbons (Fsp3) is 0.160. The number of carbonyl (C=O) groups excluding carboxylic acids is 1. The van der Waals surface area contributed by atoms with Crippen molar-refractivity contribution in [3.63, 3.8) is 0 Å². The van der Waals surface area contributed by atoms with Gasteiger partial charge in [-0.05, 0) is 47.2 Å². The molecule has 2 heterocycles. The first-order chi connectivity index (χ1) is 16.2. The molecule has 2 aromatic heterocycles. The Hall–Kier alpha value is -3.49. The minimum atomic E-state index is -3.29. The molecule has 0 bridgehead atoms. The topological polar surface area (TPSA) is 115 Å². The SMILES string of the molecule is CS(=O)(=O)c1cccc(CNc2ncc(C(=O)CCc3ccc4c(N)nccc4c3)cc2Cl)c1. The molecule has 0 aliphatic heterocycles. The largest absolute Gasteiger partial charge is 0.383 e. The number of ketones is 1. The fourth-order valence-corrected chi connectivity index (χ4v) is 4.53. The molecule has 0 radical (unpaired) electrons. The number of hydrogen-bond donors (Lipinski definition) is 2. The molecule has 0 amide bonds. The summed E-state index contributed by atoms with van der Waals surface area (Å²) in [6.45, 7) is 0.339. The van der Waals surface area contributed by atoms with Crippen molar-refractivity contribution < 1.29 is 13.2 Å². The number of carbonyl (C=O) groups is 1. The van der Waals surface area contributed by atoms with Crippen LogP contribution < -0.4 is 11.1 Å². The molecular weight excluding hydrogens is 472 g/mol. The van der Waals surface area contributed by atoms with Gasteiger partial charge in [-0.2, -0.15) is 0 Å². The number of nitrogens with one attached hydrogen (secondary N) is 1. The number of fused-ring (bicyclic) bond motifs is 1. The van der Waals surface area contributed by atoms with E-state index in [1.807, 2.05) is 30.3 Å². The van der Waals surface area contributed by atoms with E-state index in [9.17, 15) is 13.2 Å². The minimum Gasteiger partial charge on any atom is -0.383 e. The Kier molecular flexibility index (Phi) is 6.81. The third-order valence-electron chi connectivity index (χ3n) is 5.45. The van der Waals surface area contributed by atoms with Crippen LogP contribution in [0.5, 0.6) is 0 Å². The number of halogens is 1. The Balaban J connectivity index is 1.39. The number of anilines is 2. The van der Waals surface area contributed by atoms with Crippen molar-refractivity contribution in [1.82, 2.24) is 9.97 Å². The molecule has 0 fully saturated rings. The summed E-state index contributed by atoms with van der Waals surface area (Å²) in [6, 6.07) is 16.0. The van der Waals surface area contributed by atoms with Crippen molar-refractivity contribution in [3.05, 3.63) is 88.7 Å². The lowest BCUT2D eigenvalue weighted by atomic mass is 10.0. The number of aryl methyl sites for hydroxylation is 1. The van der Waals surface area contributed by atoms with Gasteiger partial charge < -0.3 is 11.1 Å². The normalized spacial score (nSPS) is 11.5. The number of benzene rings is 2. The van der Waals surface area contributed by atoms with Crippen LogP contribution in [0.1, 0.15) is 27.9 Å². The molecule has 3 N–H and O–H groups in total. The van der Waals surface area contributed by atoms with Gasteiger partial charge in [-0.1, -0.05) is 41.9 Å². The van der Waals surface area contributed by atoms with Gasteiger partial charge in [0, 0.05) is 42.6 Å². The Labute approximate surface area is 202 Å². The van der Waals surface area contributed by atoms with Crippen LogP contribution in [-0.2, 0) is 22.8 Å². The number of pyridine rings is 2. The molecule has 9 heteroatoms. The average Bonchev–Trinajstić information content (AvgIpc) is 2.81. The maximum absolute atomic E-state index is 12.7. The summed E-state index contributed by atoms with van der Waals surface area (Å²) in [5.41, 5.74) is 8.13. The second-order valence-corrected chi connectivity index (χ2v) is 10.4. The molecule has 174 valence electrons. The Morgan fingerprint density at radius 1 is 1.06 bits per heavy atom. The molecule has 0 atom stereocenters. The van der Waals surface area contributed by atoms with Crippen LogP contribution in [0.15, 0.2) is 71.9 Å². The number of hydrogen-bond acceptors (Lipinski definition) is 7. The van der Waals surface area contributed by atoms with E-state index in [0.717, 1.165) is 21.9 Å². The number of aromatic nitrogens is 2. The standard InChI is InChI=1S/C25H23ClN4O3S/c1-34(32,33)20-4-2-3-17(12-20)14-29-25-22(26)13-19(15-30-25)23(31)8-6-16-5-7-21-18(11-16)9-10-28-24(21)27/h2-5,7,9-13,15H,6,8,14H2,1H3,(H2,27,28)(H,29,30). The van der Waals surface area contributed by atoms with E-state index in [0.29, 0.717) is 41.6 Å². The highest BCUT2D eigenvalue weighted by atomic mass is 35.5. The van der Waals surface area contributed by atoms with Crippen molar-refractivity contribution in [1.29, 1.82) is 0 Å². The molecule has 0 aliphatic rings. The summed E-state index contributed by atoms with van der Waals surface area (Å²) in [6.07, 6.45) is 5.22. The quantitative estimate of drug-likeness (QED) is 0.341. The van der Waals surface area contributed by atoms with Gasteiger partial charge >= 0.3 is 0 Å². The third kappa shape index (κ3) is 5.52. The van der Waals surface area contributed by atoms with E-state index in [-0.39, 0.29) is 10.7 Å². The first-order valence-electron chi connectivity index (χ1n) is 10.6. The molecule has 4 aromatic rings. The van der Waals surface area contributed by atoms with E-state index >= 15 is 0 Å².